The van der Waals surface area contributed by atoms with E-state index in [1.165, 1.54) is 11.4 Å². The highest BCUT2D eigenvalue weighted by Crippen LogP contribution is 2.28. The van der Waals surface area contributed by atoms with Crippen LogP contribution in [0.3, 0.4) is 0 Å². The molecule has 1 aromatic heterocycles. The zero-order chi connectivity index (χ0) is 18.6. The molecule has 0 unspecified atom stereocenters. The molecule has 0 bridgehead atoms. The number of benzene rings is 1. The fraction of sp³-hybridized carbons (Fsp3) is 0.619. The van der Waals surface area contributed by atoms with Gasteiger partial charge in [0.2, 0.25) is 0 Å². The monoisotopic (exact) mass is 405 g/mol. The molecule has 0 aliphatic carbocycles. The summed E-state index contributed by atoms with van der Waals surface area (Å²) in [6.07, 6.45) is 2.32. The van der Waals surface area contributed by atoms with Gasteiger partial charge in [-0.2, -0.15) is 0 Å². The van der Waals surface area contributed by atoms with E-state index >= 15 is 0 Å². The van der Waals surface area contributed by atoms with Gasteiger partial charge in [-0.25, -0.2) is 0 Å². The topological polar surface area (TPSA) is 55.2 Å². The first-order valence-electron chi connectivity index (χ1n) is 10.3. The van der Waals surface area contributed by atoms with Gasteiger partial charge >= 0.3 is 0 Å². The van der Waals surface area contributed by atoms with Crippen molar-refractivity contribution in [1.29, 1.82) is 0 Å². The van der Waals surface area contributed by atoms with Crippen LogP contribution in [0.1, 0.15) is 49.8 Å². The molecular weight excluding hydrogens is 374 g/mol. The predicted molar refractivity (Wildman–Crippen MR) is 113 cm³/mol. The highest BCUT2D eigenvalue weighted by Gasteiger charge is 2.27. The molecule has 2 aliphatic rings. The molecule has 154 valence electrons. The molecule has 28 heavy (non-hydrogen) atoms. The number of hydrogen-bond acceptors (Lipinski definition) is 5. The van der Waals surface area contributed by atoms with Crippen molar-refractivity contribution in [1.82, 2.24) is 25.0 Å². The molecule has 0 amide bonds. The molecule has 3 heterocycles. The Kier molecular flexibility index (Phi) is 7.32. The van der Waals surface area contributed by atoms with Crippen LogP contribution in [0.2, 0.25) is 0 Å². The Morgan fingerprint density at radius 1 is 1.18 bits per heavy atom. The maximum Gasteiger partial charge on any atom is 0.147 e. The largest absolute Gasteiger partial charge is 0.493 e. The Bertz CT molecular complexity index is 755. The maximum atomic E-state index is 5.87. The summed E-state index contributed by atoms with van der Waals surface area (Å²) in [6, 6.07) is 8.56. The lowest BCUT2D eigenvalue weighted by atomic mass is 9.95. The van der Waals surface area contributed by atoms with Crippen LogP contribution in [0, 0.1) is 5.92 Å². The van der Waals surface area contributed by atoms with Crippen molar-refractivity contribution in [2.75, 3.05) is 26.2 Å². The minimum atomic E-state index is 0. The lowest BCUT2D eigenvalue weighted by Crippen LogP contribution is -2.34. The van der Waals surface area contributed by atoms with E-state index in [4.69, 9.17) is 4.74 Å². The Morgan fingerprint density at radius 3 is 2.79 bits per heavy atom. The van der Waals surface area contributed by atoms with Crippen LogP contribution in [-0.2, 0) is 19.6 Å². The molecule has 6 nitrogen and oxygen atoms in total. The van der Waals surface area contributed by atoms with Crippen molar-refractivity contribution >= 4 is 12.4 Å². The van der Waals surface area contributed by atoms with Crippen LogP contribution in [0.5, 0.6) is 5.75 Å². The van der Waals surface area contributed by atoms with Crippen molar-refractivity contribution in [2.45, 2.75) is 52.2 Å². The SMILES string of the molecule is CC(C)COc1cccc(CN2CCC(c3nnc4n3CCNC4)CC2)c1.Cl. The maximum absolute atomic E-state index is 5.87. The number of halogens is 1. The fourth-order valence-corrected chi connectivity index (χ4v) is 4.02. The van der Waals surface area contributed by atoms with Crippen molar-refractivity contribution < 1.29 is 4.74 Å². The van der Waals surface area contributed by atoms with E-state index in [0.717, 1.165) is 70.3 Å². The van der Waals surface area contributed by atoms with Gasteiger partial charge in [0.25, 0.3) is 0 Å². The number of likely N-dealkylation sites (tertiary alicyclic amines) is 1. The molecule has 1 fully saturated rings. The normalized spacial score (nSPS) is 18.0. The molecule has 1 N–H and O–H groups in total. The van der Waals surface area contributed by atoms with Crippen molar-refractivity contribution in [2.24, 2.45) is 5.92 Å². The number of rotatable bonds is 6. The van der Waals surface area contributed by atoms with Crippen molar-refractivity contribution in [3.8, 4) is 5.75 Å². The first-order chi connectivity index (χ1) is 13.2. The molecule has 7 heteroatoms. The summed E-state index contributed by atoms with van der Waals surface area (Å²) in [5.74, 6) is 4.37. The second kappa shape index (κ2) is 9.72. The number of nitrogens with zero attached hydrogens (tertiary/aromatic N) is 4. The standard InChI is InChI=1S/C21H31N5O.ClH/c1-16(2)15-27-19-5-3-4-17(12-19)14-25-9-6-18(7-10-25)21-24-23-20-13-22-8-11-26(20)21;/h3-5,12,16,18,22H,6-11,13-15H2,1-2H3;1H. The van der Waals surface area contributed by atoms with Gasteiger partial charge in [-0.15, -0.1) is 22.6 Å². The van der Waals surface area contributed by atoms with Crippen molar-refractivity contribution in [3.63, 3.8) is 0 Å². The second-order valence-electron chi connectivity index (χ2n) is 8.21. The van der Waals surface area contributed by atoms with E-state index < -0.39 is 0 Å². The Labute approximate surface area is 174 Å². The highest BCUT2D eigenvalue weighted by molar-refractivity contribution is 5.85. The zero-order valence-electron chi connectivity index (χ0n) is 16.9. The average Bonchev–Trinajstić information content (AvgIpc) is 3.11. The Hall–Kier alpha value is -1.63. The van der Waals surface area contributed by atoms with E-state index in [0.29, 0.717) is 11.8 Å². The predicted octanol–water partition coefficient (Wildman–Crippen LogP) is 3.22. The molecule has 4 rings (SSSR count). The summed E-state index contributed by atoms with van der Waals surface area (Å²) in [5.41, 5.74) is 1.33. The third kappa shape index (κ3) is 5.04. The number of hydrogen-bond donors (Lipinski definition) is 1. The van der Waals surface area contributed by atoms with Gasteiger partial charge in [0.05, 0.1) is 13.2 Å². The number of nitrogens with one attached hydrogen (secondary N) is 1. The minimum absolute atomic E-state index is 0. The summed E-state index contributed by atoms with van der Waals surface area (Å²) in [4.78, 5) is 2.55. The highest BCUT2D eigenvalue weighted by atomic mass is 35.5. The van der Waals surface area contributed by atoms with E-state index in [9.17, 15) is 0 Å². The van der Waals surface area contributed by atoms with Crippen LogP contribution in [0.4, 0.5) is 0 Å². The van der Waals surface area contributed by atoms with Gasteiger partial charge in [0.15, 0.2) is 0 Å². The molecule has 1 aromatic carbocycles. The van der Waals surface area contributed by atoms with Crippen LogP contribution in [0.15, 0.2) is 24.3 Å². The molecular formula is C21H32ClN5O. The van der Waals surface area contributed by atoms with Crippen LogP contribution >= 0.6 is 12.4 Å². The summed E-state index contributed by atoms with van der Waals surface area (Å²) in [7, 11) is 0. The van der Waals surface area contributed by atoms with Gasteiger partial charge in [0, 0.05) is 25.6 Å². The molecule has 2 aromatic rings. The van der Waals surface area contributed by atoms with E-state index in [1.54, 1.807) is 0 Å². The third-order valence-electron chi connectivity index (χ3n) is 5.49. The van der Waals surface area contributed by atoms with Crippen LogP contribution < -0.4 is 10.1 Å². The van der Waals surface area contributed by atoms with E-state index in [-0.39, 0.29) is 12.4 Å². The summed E-state index contributed by atoms with van der Waals surface area (Å²) >= 11 is 0. The van der Waals surface area contributed by atoms with E-state index in [2.05, 4.69) is 63.1 Å². The quantitative estimate of drug-likeness (QED) is 0.799. The second-order valence-corrected chi connectivity index (χ2v) is 8.21. The Balaban J connectivity index is 0.00000225. The van der Waals surface area contributed by atoms with Crippen molar-refractivity contribution in [3.05, 3.63) is 41.5 Å². The summed E-state index contributed by atoms with van der Waals surface area (Å²) in [5, 5.41) is 12.3. The summed E-state index contributed by atoms with van der Waals surface area (Å²) < 4.78 is 8.21. The number of ether oxygens (including phenoxy) is 1. The third-order valence-corrected chi connectivity index (χ3v) is 5.49. The molecule has 0 atom stereocenters. The first-order valence-corrected chi connectivity index (χ1v) is 10.3. The molecule has 2 aliphatic heterocycles. The molecule has 0 saturated carbocycles. The van der Waals surface area contributed by atoms with Gasteiger partial charge in [-0.3, -0.25) is 4.90 Å². The van der Waals surface area contributed by atoms with E-state index in [1.807, 2.05) is 0 Å². The zero-order valence-corrected chi connectivity index (χ0v) is 17.7. The molecule has 0 spiro atoms. The number of piperidine rings is 1. The van der Waals surface area contributed by atoms with Gasteiger partial charge in [0.1, 0.15) is 17.4 Å². The smallest absolute Gasteiger partial charge is 0.147 e. The summed E-state index contributed by atoms with van der Waals surface area (Å²) in [6.45, 7) is 11.2. The number of fused-ring (bicyclic) bond motifs is 1. The lowest BCUT2D eigenvalue weighted by molar-refractivity contribution is 0.199. The molecule has 0 radical (unpaired) electrons. The first kappa shape index (κ1) is 21.1. The molecule has 1 saturated heterocycles. The van der Waals surface area contributed by atoms with Gasteiger partial charge in [-0.1, -0.05) is 26.0 Å². The Morgan fingerprint density at radius 2 is 2.00 bits per heavy atom. The van der Waals surface area contributed by atoms with Crippen LogP contribution in [0.25, 0.3) is 0 Å². The lowest BCUT2D eigenvalue weighted by Gasteiger charge is -2.32. The van der Waals surface area contributed by atoms with Gasteiger partial charge in [-0.05, 0) is 49.5 Å². The fourth-order valence-electron chi connectivity index (χ4n) is 4.02. The minimum Gasteiger partial charge on any atom is -0.493 e. The van der Waals surface area contributed by atoms with Gasteiger partial charge < -0.3 is 14.6 Å². The number of aromatic nitrogens is 3. The van der Waals surface area contributed by atoms with Crippen LogP contribution in [-0.4, -0.2) is 45.9 Å². The average molecular weight is 406 g/mol.